The lowest BCUT2D eigenvalue weighted by Crippen LogP contribution is -2.24. The molecule has 0 bridgehead atoms. The third kappa shape index (κ3) is 10.2. The van der Waals surface area contributed by atoms with E-state index in [-0.39, 0.29) is 43.7 Å². The van der Waals surface area contributed by atoms with Gasteiger partial charge >= 0.3 is 5.97 Å². The zero-order chi connectivity index (χ0) is 18.8. The second kappa shape index (κ2) is 10.5. The van der Waals surface area contributed by atoms with Crippen molar-refractivity contribution in [1.29, 1.82) is 0 Å². The molecule has 0 fully saturated rings. The molecule has 0 aliphatic carbocycles. The molecule has 0 heterocycles. The van der Waals surface area contributed by atoms with Gasteiger partial charge in [-0.2, -0.15) is 8.42 Å². The van der Waals surface area contributed by atoms with Crippen LogP contribution in [0.2, 0.25) is 0 Å². The second-order valence-corrected chi connectivity index (χ2v) is 7.77. The second-order valence-electron chi connectivity index (χ2n) is 6.15. The zero-order valence-corrected chi connectivity index (χ0v) is 15.7. The maximum absolute atomic E-state index is 11.8. The number of esters is 1. The van der Waals surface area contributed by atoms with Crippen molar-refractivity contribution in [3.63, 3.8) is 0 Å². The summed E-state index contributed by atoms with van der Waals surface area (Å²) in [5, 5.41) is 0. The molecule has 0 aromatic heterocycles. The Bertz CT molecular complexity index is 606. The first-order valence-electron chi connectivity index (χ1n) is 8.02. The fraction of sp³-hybridized carbons (Fsp3) is 0.588. The summed E-state index contributed by atoms with van der Waals surface area (Å²) in [7, 11) is -3.75. The predicted octanol–water partition coefficient (Wildman–Crippen LogP) is 2.16. The first kappa shape index (κ1) is 21.6. The number of rotatable bonds is 11. The minimum atomic E-state index is -3.75. The predicted molar refractivity (Wildman–Crippen MR) is 91.7 cm³/mol. The van der Waals surface area contributed by atoms with Gasteiger partial charge in [-0.05, 0) is 32.9 Å². The van der Waals surface area contributed by atoms with Crippen LogP contribution >= 0.6 is 0 Å². The van der Waals surface area contributed by atoms with E-state index in [1.165, 1.54) is 12.1 Å². The maximum atomic E-state index is 11.8. The average molecular weight is 374 g/mol. The van der Waals surface area contributed by atoms with Gasteiger partial charge in [0.1, 0.15) is 5.60 Å². The first-order valence-corrected chi connectivity index (χ1v) is 9.43. The van der Waals surface area contributed by atoms with Crippen molar-refractivity contribution in [2.75, 3.05) is 33.0 Å². The molecule has 1 aromatic rings. The van der Waals surface area contributed by atoms with E-state index >= 15 is 0 Å². The monoisotopic (exact) mass is 374 g/mol. The zero-order valence-electron chi connectivity index (χ0n) is 14.9. The number of carbonyl (C=O) groups excluding carboxylic acids is 1. The molecule has 0 spiro atoms. The number of carbonyl (C=O) groups is 1. The SMILES string of the molecule is CC(C)(C)OC(=O)CCOCCOCCOS(=O)(=O)c1ccccc1. The Kier molecular flexibility index (Phi) is 9.05. The highest BCUT2D eigenvalue weighted by atomic mass is 32.2. The van der Waals surface area contributed by atoms with Crippen molar-refractivity contribution in [2.45, 2.75) is 37.7 Å². The lowest BCUT2D eigenvalue weighted by Gasteiger charge is -2.19. The lowest BCUT2D eigenvalue weighted by molar-refractivity contribution is -0.156. The Morgan fingerprint density at radius 1 is 0.920 bits per heavy atom. The van der Waals surface area contributed by atoms with Crippen LogP contribution in [0.15, 0.2) is 35.2 Å². The molecule has 0 aliphatic rings. The number of benzene rings is 1. The Hall–Kier alpha value is -1.48. The molecule has 0 atom stereocenters. The van der Waals surface area contributed by atoms with E-state index in [0.29, 0.717) is 6.61 Å². The summed E-state index contributed by atoms with van der Waals surface area (Å²) < 4.78 is 44.1. The maximum Gasteiger partial charge on any atom is 0.308 e. The van der Waals surface area contributed by atoms with Crippen LogP contribution in [-0.4, -0.2) is 53.0 Å². The third-order valence-electron chi connectivity index (χ3n) is 2.74. The van der Waals surface area contributed by atoms with Crippen LogP contribution in [0.1, 0.15) is 27.2 Å². The topological polar surface area (TPSA) is 88.1 Å². The Morgan fingerprint density at radius 3 is 2.08 bits per heavy atom. The van der Waals surface area contributed by atoms with Gasteiger partial charge in [0.05, 0.1) is 44.4 Å². The van der Waals surface area contributed by atoms with Crippen molar-refractivity contribution in [3.05, 3.63) is 30.3 Å². The molecule has 0 aliphatic heterocycles. The van der Waals surface area contributed by atoms with Crippen molar-refractivity contribution in [1.82, 2.24) is 0 Å². The van der Waals surface area contributed by atoms with Crippen LogP contribution in [-0.2, 0) is 33.3 Å². The van der Waals surface area contributed by atoms with Crippen molar-refractivity contribution in [2.24, 2.45) is 0 Å². The van der Waals surface area contributed by atoms with Crippen LogP contribution in [0, 0.1) is 0 Å². The summed E-state index contributed by atoms with van der Waals surface area (Å²) in [4.78, 5) is 11.5. The van der Waals surface area contributed by atoms with Crippen molar-refractivity contribution in [3.8, 4) is 0 Å². The molecule has 25 heavy (non-hydrogen) atoms. The molecule has 142 valence electrons. The minimum absolute atomic E-state index is 0.0743. The van der Waals surface area contributed by atoms with E-state index in [1.807, 2.05) is 0 Å². The van der Waals surface area contributed by atoms with Gasteiger partial charge in [-0.1, -0.05) is 18.2 Å². The number of hydrogen-bond acceptors (Lipinski definition) is 7. The number of ether oxygens (including phenoxy) is 3. The summed E-state index contributed by atoms with van der Waals surface area (Å²) >= 11 is 0. The molecule has 7 nitrogen and oxygen atoms in total. The molecule has 0 unspecified atom stereocenters. The van der Waals surface area contributed by atoms with Gasteiger partial charge in [-0.3, -0.25) is 8.98 Å². The fourth-order valence-electron chi connectivity index (χ4n) is 1.73. The summed E-state index contributed by atoms with van der Waals surface area (Å²) in [5.74, 6) is -0.312. The van der Waals surface area contributed by atoms with Gasteiger partial charge in [0, 0.05) is 0 Å². The Balaban J connectivity index is 2.03. The lowest BCUT2D eigenvalue weighted by atomic mass is 10.2. The van der Waals surface area contributed by atoms with Crippen molar-refractivity contribution >= 4 is 16.1 Å². The summed E-state index contributed by atoms with van der Waals surface area (Å²) in [6, 6.07) is 7.91. The highest BCUT2D eigenvalue weighted by Gasteiger charge is 2.16. The largest absolute Gasteiger partial charge is 0.460 e. The highest BCUT2D eigenvalue weighted by Crippen LogP contribution is 2.11. The minimum Gasteiger partial charge on any atom is -0.460 e. The first-order chi connectivity index (χ1) is 11.7. The van der Waals surface area contributed by atoms with Crippen LogP contribution in [0.3, 0.4) is 0 Å². The van der Waals surface area contributed by atoms with E-state index in [4.69, 9.17) is 18.4 Å². The van der Waals surface area contributed by atoms with E-state index in [0.717, 1.165) is 0 Å². The van der Waals surface area contributed by atoms with E-state index in [9.17, 15) is 13.2 Å². The van der Waals surface area contributed by atoms with Gasteiger partial charge in [0.15, 0.2) is 0 Å². The average Bonchev–Trinajstić information content (AvgIpc) is 2.52. The molecular weight excluding hydrogens is 348 g/mol. The molecule has 0 saturated carbocycles. The van der Waals surface area contributed by atoms with Gasteiger partial charge < -0.3 is 14.2 Å². The van der Waals surface area contributed by atoms with E-state index in [2.05, 4.69) is 0 Å². The van der Waals surface area contributed by atoms with Crippen LogP contribution in [0.4, 0.5) is 0 Å². The van der Waals surface area contributed by atoms with Crippen molar-refractivity contribution < 1.29 is 31.6 Å². The van der Waals surface area contributed by atoms with E-state index in [1.54, 1.807) is 39.0 Å². The third-order valence-corrected chi connectivity index (χ3v) is 4.07. The molecule has 0 N–H and O–H groups in total. The summed E-state index contributed by atoms with van der Waals surface area (Å²) in [5.41, 5.74) is -0.500. The molecule has 0 amide bonds. The molecule has 1 aromatic carbocycles. The van der Waals surface area contributed by atoms with Gasteiger partial charge in [0.2, 0.25) is 0 Å². The Labute approximate surface area is 149 Å². The molecular formula is C17H26O7S. The smallest absolute Gasteiger partial charge is 0.308 e. The normalized spacial score (nSPS) is 12.1. The van der Waals surface area contributed by atoms with Gasteiger partial charge in [0.25, 0.3) is 10.1 Å². The summed E-state index contributed by atoms with van der Waals surface area (Å²) in [6.45, 7) is 6.30. The molecule has 0 saturated heterocycles. The van der Waals surface area contributed by atoms with Crippen LogP contribution in [0.5, 0.6) is 0 Å². The van der Waals surface area contributed by atoms with Crippen LogP contribution in [0.25, 0.3) is 0 Å². The van der Waals surface area contributed by atoms with Crippen LogP contribution < -0.4 is 0 Å². The molecule has 0 radical (unpaired) electrons. The molecule has 1 rings (SSSR count). The fourth-order valence-corrected chi connectivity index (χ4v) is 2.64. The number of hydrogen-bond donors (Lipinski definition) is 0. The van der Waals surface area contributed by atoms with E-state index < -0.39 is 15.7 Å². The quantitative estimate of drug-likeness (QED) is 0.333. The van der Waals surface area contributed by atoms with Gasteiger partial charge in [-0.25, -0.2) is 0 Å². The highest BCUT2D eigenvalue weighted by molar-refractivity contribution is 7.86. The Morgan fingerprint density at radius 2 is 1.48 bits per heavy atom. The summed E-state index contributed by atoms with van der Waals surface area (Å²) in [6.07, 6.45) is 0.176. The molecule has 8 heteroatoms. The standard InChI is InChI=1S/C17H26O7S/c1-17(2,3)24-16(18)9-10-21-11-12-22-13-14-23-25(19,20)15-7-5-4-6-8-15/h4-8H,9-14H2,1-3H3. The van der Waals surface area contributed by atoms with Gasteiger partial charge in [-0.15, -0.1) is 0 Å².